The zero-order valence-corrected chi connectivity index (χ0v) is 28.5. The van der Waals surface area contributed by atoms with Gasteiger partial charge < -0.3 is 34.9 Å². The summed E-state index contributed by atoms with van der Waals surface area (Å²) in [6, 6.07) is 14.8. The molecule has 3 aromatic carbocycles. The number of halogens is 3. The van der Waals surface area contributed by atoms with Gasteiger partial charge in [0.25, 0.3) is 5.89 Å². The summed E-state index contributed by atoms with van der Waals surface area (Å²) in [7, 11) is 0. The molecule has 1 spiro atoms. The molecule has 10 nitrogen and oxygen atoms in total. The van der Waals surface area contributed by atoms with Crippen molar-refractivity contribution in [2.24, 2.45) is 11.7 Å². The first-order valence-electron chi connectivity index (χ1n) is 15.6. The highest BCUT2D eigenvalue weighted by molar-refractivity contribution is 9.10. The van der Waals surface area contributed by atoms with E-state index in [0.29, 0.717) is 40.1 Å². The summed E-state index contributed by atoms with van der Waals surface area (Å²) in [5.74, 6) is 1.40. The number of ether oxygens (including phenoxy) is 1. The van der Waals surface area contributed by atoms with Crippen molar-refractivity contribution >= 4 is 61.6 Å². The largest absolute Gasteiger partial charge is 0.467 e. The summed E-state index contributed by atoms with van der Waals surface area (Å²) in [6.45, 7) is 3.97. The number of hydrogen-bond acceptors (Lipinski definition) is 8. The van der Waals surface area contributed by atoms with Crippen LogP contribution in [0.5, 0.6) is 5.75 Å². The maximum atomic E-state index is 13.5. The third kappa shape index (κ3) is 3.54. The number of nitrogens with two attached hydrogens (primary N) is 1. The van der Waals surface area contributed by atoms with Crippen molar-refractivity contribution in [2.45, 2.75) is 44.0 Å². The predicted molar refractivity (Wildman–Crippen MR) is 184 cm³/mol. The van der Waals surface area contributed by atoms with Crippen LogP contribution in [0.3, 0.4) is 0 Å². The molecule has 0 aliphatic carbocycles. The third-order valence-electron chi connectivity index (χ3n) is 10.0. The number of H-pyrrole nitrogens is 1. The standard InChI is InChI=1S/C35H25BrCl2N6O4/c1-12(2)23-32-42-25-28(48-32)35-16-7-3-6-15(14-5-4-8-20-21(14)22(29(37)40-20)27-30(38)44-33(25)46-27)24(16)43-34(35)47-26-17(35)9-13(10-18(26)36)11-19(39)31(45)41-23/h3-10,12,19,23,34,40,43H,11,39H2,1-2H3,(H,41,45)/t19?,23-,34?,35-/m0/s1. The van der Waals surface area contributed by atoms with Gasteiger partial charge in [-0.2, -0.15) is 4.98 Å². The number of aromatic amines is 1. The van der Waals surface area contributed by atoms with E-state index < -0.39 is 23.7 Å². The Morgan fingerprint density at radius 2 is 1.85 bits per heavy atom. The highest BCUT2D eigenvalue weighted by atomic mass is 79.9. The van der Waals surface area contributed by atoms with E-state index in [9.17, 15) is 4.79 Å². The molecule has 4 aliphatic rings. The second-order valence-corrected chi connectivity index (χ2v) is 14.7. The molecule has 4 aliphatic heterocycles. The van der Waals surface area contributed by atoms with Gasteiger partial charge in [-0.3, -0.25) is 4.79 Å². The molecule has 13 heteroatoms. The van der Waals surface area contributed by atoms with Gasteiger partial charge in [-0.15, -0.1) is 0 Å². The number of fused-ring (bicyclic) bond motifs is 7. The monoisotopic (exact) mass is 742 g/mol. The van der Waals surface area contributed by atoms with Crippen LogP contribution in [0.2, 0.25) is 10.3 Å². The van der Waals surface area contributed by atoms with Crippen molar-refractivity contribution in [3.8, 4) is 39.8 Å². The number of oxazole rings is 2. The van der Waals surface area contributed by atoms with Crippen LogP contribution in [0, 0.1) is 5.92 Å². The van der Waals surface area contributed by atoms with Crippen LogP contribution < -0.4 is 21.1 Å². The Balaban J connectivity index is 1.41. The van der Waals surface area contributed by atoms with Crippen LogP contribution in [0.25, 0.3) is 44.9 Å². The predicted octanol–water partition coefficient (Wildman–Crippen LogP) is 7.70. The average Bonchev–Trinajstić information content (AvgIpc) is 3.84. The van der Waals surface area contributed by atoms with E-state index in [1.807, 2.05) is 38.1 Å². The number of nitrogens with zero attached hydrogens (tertiary/aromatic N) is 2. The van der Waals surface area contributed by atoms with Crippen molar-refractivity contribution < 1.29 is 18.4 Å². The average molecular weight is 744 g/mol. The molecule has 2 unspecified atom stereocenters. The topological polar surface area (TPSA) is 144 Å². The lowest BCUT2D eigenvalue weighted by atomic mass is 9.72. The zero-order valence-electron chi connectivity index (χ0n) is 25.4. The molecular weight excluding hydrogens is 719 g/mol. The minimum absolute atomic E-state index is 0.105. The van der Waals surface area contributed by atoms with Crippen molar-refractivity contribution in [1.29, 1.82) is 0 Å². The summed E-state index contributed by atoms with van der Waals surface area (Å²) in [5.41, 5.74) is 12.5. The number of hydrogen-bond donors (Lipinski definition) is 4. The third-order valence-corrected chi connectivity index (χ3v) is 11.2. The van der Waals surface area contributed by atoms with E-state index in [1.54, 1.807) is 0 Å². The number of para-hydroxylation sites is 1. The first kappa shape index (κ1) is 28.7. The Hall–Kier alpha value is -4.29. The van der Waals surface area contributed by atoms with Crippen molar-refractivity contribution in [3.05, 3.63) is 91.7 Å². The highest BCUT2D eigenvalue weighted by Crippen LogP contribution is 2.63. The Labute approximate surface area is 291 Å². The molecule has 0 saturated carbocycles. The molecule has 4 atom stereocenters. The number of benzene rings is 3. The lowest BCUT2D eigenvalue weighted by Gasteiger charge is -2.28. The fourth-order valence-corrected chi connectivity index (χ4v) is 9.01. The molecular formula is C35H25BrCl2N6O4. The number of carbonyl (C=O) groups excluding carboxylic acids is 1. The van der Waals surface area contributed by atoms with Crippen LogP contribution in [0.4, 0.5) is 5.69 Å². The number of anilines is 1. The van der Waals surface area contributed by atoms with Gasteiger partial charge in [0, 0.05) is 33.3 Å². The molecule has 48 heavy (non-hydrogen) atoms. The van der Waals surface area contributed by atoms with Crippen LogP contribution in [0.1, 0.15) is 48.2 Å². The fraction of sp³-hybridized carbons (Fsp3) is 0.229. The molecule has 240 valence electrons. The lowest BCUT2D eigenvalue weighted by molar-refractivity contribution is -0.123. The van der Waals surface area contributed by atoms with Gasteiger partial charge in [-0.05, 0) is 51.5 Å². The lowest BCUT2D eigenvalue weighted by Crippen LogP contribution is -2.45. The molecule has 3 aromatic heterocycles. The van der Waals surface area contributed by atoms with Crippen LogP contribution in [-0.4, -0.2) is 33.1 Å². The molecule has 1 amide bonds. The first-order chi connectivity index (χ1) is 23.1. The van der Waals surface area contributed by atoms with E-state index in [2.05, 4.69) is 55.8 Å². The van der Waals surface area contributed by atoms with E-state index in [0.717, 1.165) is 48.9 Å². The number of amides is 1. The molecule has 6 aromatic rings. The highest BCUT2D eigenvalue weighted by Gasteiger charge is 2.62. The second-order valence-electron chi connectivity index (χ2n) is 13.1. The van der Waals surface area contributed by atoms with Gasteiger partial charge in [0.2, 0.25) is 11.8 Å². The van der Waals surface area contributed by atoms with Crippen LogP contribution in [-0.2, 0) is 16.6 Å². The van der Waals surface area contributed by atoms with Gasteiger partial charge in [0.15, 0.2) is 28.6 Å². The Morgan fingerprint density at radius 1 is 1.04 bits per heavy atom. The summed E-state index contributed by atoms with van der Waals surface area (Å²) in [5, 5.41) is 8.17. The zero-order chi connectivity index (χ0) is 32.8. The minimum Gasteiger partial charge on any atom is -0.467 e. The number of carbonyl (C=O) groups is 1. The molecule has 0 fully saturated rings. The molecule has 0 radical (unpaired) electrons. The summed E-state index contributed by atoms with van der Waals surface area (Å²) >= 11 is 17.6. The summed E-state index contributed by atoms with van der Waals surface area (Å²) < 4.78 is 21.1. The Morgan fingerprint density at radius 3 is 2.69 bits per heavy atom. The quantitative estimate of drug-likeness (QED) is 0.134. The van der Waals surface area contributed by atoms with Gasteiger partial charge in [-0.1, -0.05) is 73.4 Å². The van der Waals surface area contributed by atoms with E-state index >= 15 is 0 Å². The Kier molecular flexibility index (Phi) is 5.77. The smallest absolute Gasteiger partial charge is 0.250 e. The number of nitrogens with one attached hydrogen (secondary N) is 3. The normalized spacial score (nSPS) is 22.9. The van der Waals surface area contributed by atoms with Gasteiger partial charge in [0.05, 0.1) is 16.1 Å². The van der Waals surface area contributed by atoms with Gasteiger partial charge in [-0.25, -0.2) is 4.98 Å². The second kappa shape index (κ2) is 9.66. The maximum Gasteiger partial charge on any atom is 0.250 e. The van der Waals surface area contributed by atoms with E-state index in [-0.39, 0.29) is 28.8 Å². The summed E-state index contributed by atoms with van der Waals surface area (Å²) in [6.07, 6.45) is -0.349. The SMILES string of the molecule is CC(C)[C@@H]1NC(=O)C(N)Cc2cc(Br)c3c(c2)[C@]24c5cccc(c5NC2O3)-c2cccc3[nH]c(Cl)c(c23)-c2oc(nc2Cl)-c2nc1oc24. The van der Waals surface area contributed by atoms with Crippen molar-refractivity contribution in [1.82, 2.24) is 20.3 Å². The van der Waals surface area contributed by atoms with Gasteiger partial charge >= 0.3 is 0 Å². The number of rotatable bonds is 1. The minimum atomic E-state index is -1.07. The molecule has 7 heterocycles. The van der Waals surface area contributed by atoms with Crippen LogP contribution >= 0.6 is 39.1 Å². The molecule has 0 saturated heterocycles. The molecule has 10 bridgehead atoms. The van der Waals surface area contributed by atoms with E-state index in [1.165, 1.54) is 0 Å². The Bertz CT molecular complexity index is 2420. The maximum absolute atomic E-state index is 13.5. The summed E-state index contributed by atoms with van der Waals surface area (Å²) in [4.78, 5) is 26.6. The molecule has 5 N–H and O–H groups in total. The van der Waals surface area contributed by atoms with Crippen molar-refractivity contribution in [3.63, 3.8) is 0 Å². The first-order valence-corrected chi connectivity index (χ1v) is 17.1. The van der Waals surface area contributed by atoms with Gasteiger partial charge in [0.1, 0.15) is 22.4 Å². The van der Waals surface area contributed by atoms with Crippen LogP contribution in [0.15, 0.2) is 61.8 Å². The molecule has 10 rings (SSSR count). The van der Waals surface area contributed by atoms with E-state index in [4.69, 9.17) is 52.5 Å². The number of aromatic nitrogens is 3. The van der Waals surface area contributed by atoms with Crippen molar-refractivity contribution in [2.75, 3.05) is 5.32 Å². The fourth-order valence-electron chi connectivity index (χ4n) is 7.92.